The van der Waals surface area contributed by atoms with E-state index >= 15 is 0 Å². The molecule has 0 fully saturated rings. The van der Waals surface area contributed by atoms with Crippen molar-refractivity contribution in [3.05, 3.63) is 93.4 Å². The van der Waals surface area contributed by atoms with Crippen LogP contribution in [-0.2, 0) is 11.3 Å². The number of aromatic nitrogens is 1. The van der Waals surface area contributed by atoms with Gasteiger partial charge in [0, 0.05) is 12.1 Å². The molecule has 3 aromatic rings. The Balaban J connectivity index is 1.76. The van der Waals surface area contributed by atoms with Crippen LogP contribution in [0.3, 0.4) is 0 Å². The molecule has 1 amide bonds. The molecule has 0 unspecified atom stereocenters. The first-order chi connectivity index (χ1) is 13.0. The summed E-state index contributed by atoms with van der Waals surface area (Å²) in [5.74, 6) is 0.527. The predicted octanol–water partition coefficient (Wildman–Crippen LogP) is 3.19. The van der Waals surface area contributed by atoms with E-state index in [-0.39, 0.29) is 12.2 Å². The van der Waals surface area contributed by atoms with Crippen LogP contribution in [0.5, 0.6) is 11.5 Å². The monoisotopic (exact) mass is 365 g/mol. The van der Waals surface area contributed by atoms with Gasteiger partial charge in [-0.1, -0.05) is 30.3 Å². The highest BCUT2D eigenvalue weighted by atomic mass is 16.6. The van der Waals surface area contributed by atoms with Crippen molar-refractivity contribution in [1.82, 2.24) is 4.57 Å². The standard InChI is InChI=1S/C19H15N3O5/c23-18(13-21-12-14(22(25)26)10-11-19(21)24)20-16-8-4-5-9-17(16)27-15-6-2-1-3-7-15/h1-12H,13H2,(H,20,23). The van der Waals surface area contributed by atoms with Crippen LogP contribution in [0.4, 0.5) is 11.4 Å². The van der Waals surface area contributed by atoms with Crippen LogP contribution in [0.25, 0.3) is 0 Å². The molecule has 3 rings (SSSR count). The van der Waals surface area contributed by atoms with E-state index in [0.717, 1.165) is 22.9 Å². The third-order valence-electron chi connectivity index (χ3n) is 3.62. The summed E-state index contributed by atoms with van der Waals surface area (Å²) in [4.78, 5) is 34.4. The molecule has 0 saturated heterocycles. The second-order valence-electron chi connectivity index (χ2n) is 5.57. The minimum absolute atomic E-state index is 0.268. The number of nitro groups is 1. The molecule has 0 radical (unpaired) electrons. The topological polar surface area (TPSA) is 103 Å². The van der Waals surface area contributed by atoms with E-state index < -0.39 is 16.4 Å². The summed E-state index contributed by atoms with van der Waals surface area (Å²) in [6.45, 7) is -0.361. The Morgan fingerprint density at radius 1 is 1.04 bits per heavy atom. The molecule has 8 nitrogen and oxygen atoms in total. The van der Waals surface area contributed by atoms with E-state index in [4.69, 9.17) is 4.74 Å². The number of nitrogens with zero attached hydrogens (tertiary/aromatic N) is 2. The average Bonchev–Trinajstić information content (AvgIpc) is 2.66. The minimum Gasteiger partial charge on any atom is -0.455 e. The van der Waals surface area contributed by atoms with Crippen molar-refractivity contribution in [2.45, 2.75) is 6.54 Å². The van der Waals surface area contributed by atoms with Crippen molar-refractivity contribution in [2.75, 3.05) is 5.32 Å². The van der Waals surface area contributed by atoms with Gasteiger partial charge in [0.25, 0.3) is 11.2 Å². The smallest absolute Gasteiger partial charge is 0.285 e. The molecule has 8 heteroatoms. The van der Waals surface area contributed by atoms with E-state index in [1.807, 2.05) is 18.2 Å². The molecule has 0 aliphatic rings. The predicted molar refractivity (Wildman–Crippen MR) is 98.9 cm³/mol. The Morgan fingerprint density at radius 3 is 2.48 bits per heavy atom. The van der Waals surface area contributed by atoms with E-state index in [1.54, 1.807) is 36.4 Å². The van der Waals surface area contributed by atoms with Crippen molar-refractivity contribution < 1.29 is 14.5 Å². The van der Waals surface area contributed by atoms with Crippen LogP contribution in [0.2, 0.25) is 0 Å². The molecular formula is C19H15N3O5. The first kappa shape index (κ1) is 17.9. The molecule has 0 atom stereocenters. The van der Waals surface area contributed by atoms with Gasteiger partial charge in [0.2, 0.25) is 5.91 Å². The quantitative estimate of drug-likeness (QED) is 0.534. The van der Waals surface area contributed by atoms with Gasteiger partial charge < -0.3 is 10.1 Å². The number of para-hydroxylation sites is 3. The number of anilines is 1. The van der Waals surface area contributed by atoms with E-state index in [2.05, 4.69) is 5.32 Å². The number of hydrogen-bond acceptors (Lipinski definition) is 5. The zero-order chi connectivity index (χ0) is 19.2. The molecule has 0 bridgehead atoms. The Morgan fingerprint density at radius 2 is 1.74 bits per heavy atom. The highest BCUT2D eigenvalue weighted by Crippen LogP contribution is 2.29. The molecule has 0 aliphatic heterocycles. The number of carbonyl (C=O) groups excluding carboxylic acids is 1. The maximum Gasteiger partial charge on any atom is 0.285 e. The second-order valence-corrected chi connectivity index (χ2v) is 5.57. The van der Waals surface area contributed by atoms with Gasteiger partial charge >= 0.3 is 0 Å². The molecule has 1 aromatic heterocycles. The van der Waals surface area contributed by atoms with Gasteiger partial charge in [-0.25, -0.2) is 0 Å². The van der Waals surface area contributed by atoms with E-state index in [0.29, 0.717) is 17.2 Å². The minimum atomic E-state index is -0.628. The molecule has 0 saturated carbocycles. The lowest BCUT2D eigenvalue weighted by Gasteiger charge is -2.12. The van der Waals surface area contributed by atoms with E-state index in [1.165, 1.54) is 0 Å². The molecule has 136 valence electrons. The summed E-state index contributed by atoms with van der Waals surface area (Å²) >= 11 is 0. The van der Waals surface area contributed by atoms with Gasteiger partial charge in [-0.05, 0) is 24.3 Å². The third kappa shape index (κ3) is 4.57. The first-order valence-corrected chi connectivity index (χ1v) is 7.99. The number of nitrogens with one attached hydrogen (secondary N) is 1. The van der Waals surface area contributed by atoms with Gasteiger partial charge in [0.15, 0.2) is 5.75 Å². The Labute approximate surface area is 153 Å². The second kappa shape index (κ2) is 7.96. The van der Waals surface area contributed by atoms with Crippen LogP contribution < -0.4 is 15.6 Å². The fraction of sp³-hybridized carbons (Fsp3) is 0.0526. The van der Waals surface area contributed by atoms with Gasteiger partial charge in [-0.3, -0.25) is 24.3 Å². The van der Waals surface area contributed by atoms with Crippen molar-refractivity contribution in [3.63, 3.8) is 0 Å². The summed E-state index contributed by atoms with van der Waals surface area (Å²) in [5.41, 5.74) is -0.357. The van der Waals surface area contributed by atoms with Crippen LogP contribution >= 0.6 is 0 Å². The molecule has 2 aromatic carbocycles. The van der Waals surface area contributed by atoms with Crippen LogP contribution in [-0.4, -0.2) is 15.4 Å². The lowest BCUT2D eigenvalue weighted by Crippen LogP contribution is -2.27. The Kier molecular flexibility index (Phi) is 5.27. The van der Waals surface area contributed by atoms with Crippen LogP contribution in [0.1, 0.15) is 0 Å². The van der Waals surface area contributed by atoms with Crippen LogP contribution in [0, 0.1) is 10.1 Å². The Hall–Kier alpha value is -3.94. The van der Waals surface area contributed by atoms with Gasteiger partial charge in [0.05, 0.1) is 16.8 Å². The zero-order valence-corrected chi connectivity index (χ0v) is 14.1. The molecule has 1 heterocycles. The molecule has 1 N–H and O–H groups in total. The average molecular weight is 365 g/mol. The fourth-order valence-corrected chi connectivity index (χ4v) is 2.37. The van der Waals surface area contributed by atoms with Crippen molar-refractivity contribution in [2.24, 2.45) is 0 Å². The number of rotatable bonds is 6. The summed E-state index contributed by atoms with van der Waals surface area (Å²) in [5, 5.41) is 13.5. The number of pyridine rings is 1. The zero-order valence-electron chi connectivity index (χ0n) is 14.1. The summed E-state index contributed by atoms with van der Waals surface area (Å²) in [6.07, 6.45) is 1.04. The summed E-state index contributed by atoms with van der Waals surface area (Å²) in [7, 11) is 0. The normalized spacial score (nSPS) is 10.2. The van der Waals surface area contributed by atoms with Gasteiger partial charge in [-0.15, -0.1) is 0 Å². The fourth-order valence-electron chi connectivity index (χ4n) is 2.37. The molecule has 0 spiro atoms. The van der Waals surface area contributed by atoms with E-state index in [9.17, 15) is 19.7 Å². The van der Waals surface area contributed by atoms with Gasteiger partial charge in [-0.2, -0.15) is 0 Å². The summed E-state index contributed by atoms with van der Waals surface area (Å²) < 4.78 is 6.74. The molecule has 27 heavy (non-hydrogen) atoms. The lowest BCUT2D eigenvalue weighted by atomic mass is 10.2. The van der Waals surface area contributed by atoms with Gasteiger partial charge in [0.1, 0.15) is 12.3 Å². The lowest BCUT2D eigenvalue weighted by molar-refractivity contribution is -0.385. The number of hydrogen-bond donors (Lipinski definition) is 1. The number of ether oxygens (including phenoxy) is 1. The Bertz CT molecular complexity index is 1030. The maximum absolute atomic E-state index is 12.3. The number of benzene rings is 2. The molecule has 0 aliphatic carbocycles. The highest BCUT2D eigenvalue weighted by molar-refractivity contribution is 5.92. The van der Waals surface area contributed by atoms with Crippen molar-refractivity contribution >= 4 is 17.3 Å². The van der Waals surface area contributed by atoms with Crippen molar-refractivity contribution in [1.29, 1.82) is 0 Å². The van der Waals surface area contributed by atoms with Crippen LogP contribution in [0.15, 0.2) is 77.7 Å². The maximum atomic E-state index is 12.3. The summed E-state index contributed by atoms with van der Waals surface area (Å²) in [6, 6.07) is 18.1. The van der Waals surface area contributed by atoms with Crippen molar-refractivity contribution in [3.8, 4) is 11.5 Å². The molecular weight excluding hydrogens is 350 g/mol. The third-order valence-corrected chi connectivity index (χ3v) is 3.62. The number of amides is 1. The number of carbonyl (C=O) groups is 1. The highest BCUT2D eigenvalue weighted by Gasteiger charge is 2.12. The SMILES string of the molecule is O=C(Cn1cc([N+](=O)[O-])ccc1=O)Nc1ccccc1Oc1ccccc1. The largest absolute Gasteiger partial charge is 0.455 e. The first-order valence-electron chi connectivity index (χ1n) is 7.99.